The van der Waals surface area contributed by atoms with Gasteiger partial charge in [0.1, 0.15) is 6.54 Å². The van der Waals surface area contributed by atoms with Crippen molar-refractivity contribution in [1.82, 2.24) is 14.5 Å². The Labute approximate surface area is 170 Å². The molecule has 158 valence electrons. The molecular formula is C21H20F3N3O3. The largest absolute Gasteiger partial charge is 0.451 e. The van der Waals surface area contributed by atoms with Crippen LogP contribution < -0.4 is 0 Å². The first-order chi connectivity index (χ1) is 14.2. The molecule has 0 N–H and O–H groups in total. The van der Waals surface area contributed by atoms with E-state index in [0.717, 1.165) is 10.1 Å². The van der Waals surface area contributed by atoms with Crippen molar-refractivity contribution in [2.75, 3.05) is 7.05 Å². The van der Waals surface area contributed by atoms with E-state index in [2.05, 4.69) is 4.98 Å². The lowest BCUT2D eigenvalue weighted by molar-refractivity contribution is -0.160. The fourth-order valence-electron chi connectivity index (χ4n) is 3.11. The van der Waals surface area contributed by atoms with Crippen LogP contribution in [0.4, 0.5) is 13.2 Å². The van der Waals surface area contributed by atoms with Gasteiger partial charge in [-0.15, -0.1) is 0 Å². The second-order valence-corrected chi connectivity index (χ2v) is 6.82. The van der Waals surface area contributed by atoms with E-state index in [1.54, 1.807) is 19.2 Å². The van der Waals surface area contributed by atoms with Gasteiger partial charge in [0.15, 0.2) is 6.10 Å². The Hall–Kier alpha value is -3.36. The van der Waals surface area contributed by atoms with Gasteiger partial charge in [0.2, 0.25) is 5.82 Å². The Bertz CT molecular complexity index is 1050. The van der Waals surface area contributed by atoms with Crippen LogP contribution in [0.3, 0.4) is 0 Å². The lowest BCUT2D eigenvalue weighted by Crippen LogP contribution is -2.37. The highest BCUT2D eigenvalue weighted by molar-refractivity contribution is 5.84. The summed E-state index contributed by atoms with van der Waals surface area (Å²) < 4.78 is 45.9. The summed E-state index contributed by atoms with van der Waals surface area (Å²) in [6.45, 7) is 0.986. The van der Waals surface area contributed by atoms with E-state index in [1.807, 2.05) is 30.3 Å². The predicted molar refractivity (Wildman–Crippen MR) is 103 cm³/mol. The number of esters is 1. The molecule has 9 heteroatoms. The van der Waals surface area contributed by atoms with Crippen molar-refractivity contribution in [2.24, 2.45) is 0 Å². The van der Waals surface area contributed by atoms with Crippen molar-refractivity contribution in [1.29, 1.82) is 0 Å². The molecule has 30 heavy (non-hydrogen) atoms. The Kier molecular flexibility index (Phi) is 6.09. The molecule has 0 aliphatic carbocycles. The fraction of sp³-hybridized carbons (Fsp3) is 0.286. The van der Waals surface area contributed by atoms with Crippen LogP contribution in [0.1, 0.15) is 18.3 Å². The fourth-order valence-corrected chi connectivity index (χ4v) is 3.11. The lowest BCUT2D eigenvalue weighted by Gasteiger charge is -2.22. The van der Waals surface area contributed by atoms with Crippen LogP contribution >= 0.6 is 0 Å². The summed E-state index contributed by atoms with van der Waals surface area (Å²) in [4.78, 5) is 29.8. The number of fused-ring (bicyclic) bond motifs is 1. The molecular weight excluding hydrogens is 399 g/mol. The topological polar surface area (TPSA) is 64.4 Å². The van der Waals surface area contributed by atoms with E-state index in [9.17, 15) is 22.8 Å². The molecule has 0 fully saturated rings. The summed E-state index contributed by atoms with van der Waals surface area (Å²) in [5, 5.41) is 0. The Morgan fingerprint density at radius 1 is 1.10 bits per heavy atom. The highest BCUT2D eigenvalue weighted by Gasteiger charge is 2.38. The molecule has 2 aromatic carbocycles. The molecule has 0 unspecified atom stereocenters. The van der Waals surface area contributed by atoms with Crippen molar-refractivity contribution >= 4 is 22.9 Å². The molecule has 0 saturated heterocycles. The molecule has 1 heterocycles. The number of hydrogen-bond acceptors (Lipinski definition) is 4. The van der Waals surface area contributed by atoms with Gasteiger partial charge in [0.05, 0.1) is 11.0 Å². The maximum Gasteiger partial charge on any atom is 0.449 e. The van der Waals surface area contributed by atoms with Gasteiger partial charge < -0.3 is 14.2 Å². The van der Waals surface area contributed by atoms with Gasteiger partial charge in [-0.1, -0.05) is 42.5 Å². The number of nitrogens with zero attached hydrogens (tertiary/aromatic N) is 3. The van der Waals surface area contributed by atoms with Crippen molar-refractivity contribution in [3.8, 4) is 0 Å². The van der Waals surface area contributed by atoms with Gasteiger partial charge >= 0.3 is 12.1 Å². The average molecular weight is 419 g/mol. The van der Waals surface area contributed by atoms with Crippen LogP contribution in [-0.4, -0.2) is 39.5 Å². The van der Waals surface area contributed by atoms with E-state index in [0.29, 0.717) is 6.54 Å². The SMILES string of the molecule is C[C@H](OC(=O)Cn1c(C(F)(F)F)nc2ccccc21)C(=O)N(C)Cc1ccccc1. The molecule has 1 aromatic heterocycles. The number of rotatable bonds is 6. The Balaban J connectivity index is 1.70. The molecule has 0 aliphatic rings. The molecule has 6 nitrogen and oxygen atoms in total. The summed E-state index contributed by atoms with van der Waals surface area (Å²) >= 11 is 0. The molecule has 3 aromatic rings. The van der Waals surface area contributed by atoms with Crippen LogP contribution in [0.15, 0.2) is 54.6 Å². The van der Waals surface area contributed by atoms with E-state index < -0.39 is 36.5 Å². The number of ether oxygens (including phenoxy) is 1. The molecule has 0 aliphatic heterocycles. The zero-order valence-electron chi connectivity index (χ0n) is 16.4. The van der Waals surface area contributed by atoms with E-state index in [-0.39, 0.29) is 11.0 Å². The third-order valence-corrected chi connectivity index (χ3v) is 4.49. The summed E-state index contributed by atoms with van der Waals surface area (Å²) in [5.41, 5.74) is 1.16. The number of hydrogen-bond donors (Lipinski definition) is 0. The predicted octanol–water partition coefficient (Wildman–Crippen LogP) is 3.65. The van der Waals surface area contributed by atoms with Gasteiger partial charge in [0.25, 0.3) is 5.91 Å². The van der Waals surface area contributed by atoms with Gasteiger partial charge in [-0.2, -0.15) is 13.2 Å². The zero-order chi connectivity index (χ0) is 21.9. The van der Waals surface area contributed by atoms with Crippen LogP contribution in [0.25, 0.3) is 11.0 Å². The van der Waals surface area contributed by atoms with Crippen molar-refractivity contribution in [3.63, 3.8) is 0 Å². The zero-order valence-corrected chi connectivity index (χ0v) is 16.4. The van der Waals surface area contributed by atoms with E-state index in [4.69, 9.17) is 4.74 Å². The summed E-state index contributed by atoms with van der Waals surface area (Å²) in [7, 11) is 1.56. The number of carbonyl (C=O) groups excluding carboxylic acids is 2. The van der Waals surface area contributed by atoms with Gasteiger partial charge in [-0.25, -0.2) is 4.98 Å². The number of amides is 1. The summed E-state index contributed by atoms with van der Waals surface area (Å²) in [6.07, 6.45) is -5.88. The van der Waals surface area contributed by atoms with Crippen LogP contribution in [-0.2, 0) is 33.6 Å². The Morgan fingerprint density at radius 2 is 1.73 bits per heavy atom. The second kappa shape index (κ2) is 8.56. The minimum atomic E-state index is -4.74. The lowest BCUT2D eigenvalue weighted by atomic mass is 10.2. The standard InChI is InChI=1S/C21H20F3N3O3/c1-14(19(29)26(2)12-15-8-4-3-5-9-15)30-18(28)13-27-17-11-7-6-10-16(17)25-20(27)21(22,23)24/h3-11,14H,12-13H2,1-2H3/t14-/m0/s1. The molecule has 0 spiro atoms. The Morgan fingerprint density at radius 3 is 2.40 bits per heavy atom. The minimum absolute atomic E-state index is 0.115. The van der Waals surface area contributed by atoms with E-state index >= 15 is 0 Å². The number of imidazole rings is 1. The molecule has 0 bridgehead atoms. The normalized spacial score (nSPS) is 12.6. The van der Waals surface area contributed by atoms with Gasteiger partial charge in [0, 0.05) is 13.6 Å². The van der Waals surface area contributed by atoms with Crippen LogP contribution in [0, 0.1) is 0 Å². The third-order valence-electron chi connectivity index (χ3n) is 4.49. The monoisotopic (exact) mass is 419 g/mol. The first kappa shape index (κ1) is 21.4. The maximum absolute atomic E-state index is 13.3. The molecule has 0 radical (unpaired) electrons. The van der Waals surface area contributed by atoms with Crippen molar-refractivity contribution < 1.29 is 27.5 Å². The number of benzene rings is 2. The van der Waals surface area contributed by atoms with Gasteiger partial charge in [-0.3, -0.25) is 9.59 Å². The number of halogens is 3. The number of alkyl halides is 3. The van der Waals surface area contributed by atoms with Gasteiger partial charge in [-0.05, 0) is 24.6 Å². The molecule has 0 saturated carbocycles. The number of para-hydroxylation sites is 2. The van der Waals surface area contributed by atoms with Crippen LogP contribution in [0.5, 0.6) is 0 Å². The van der Waals surface area contributed by atoms with Crippen molar-refractivity contribution in [3.05, 3.63) is 66.0 Å². The number of likely N-dealkylation sites (N-methyl/N-ethyl adjacent to an activating group) is 1. The first-order valence-corrected chi connectivity index (χ1v) is 9.17. The molecule has 3 rings (SSSR count). The molecule has 1 atom stereocenters. The minimum Gasteiger partial charge on any atom is -0.451 e. The summed E-state index contributed by atoms with van der Waals surface area (Å²) in [5.74, 6) is -2.61. The number of aromatic nitrogens is 2. The van der Waals surface area contributed by atoms with Crippen molar-refractivity contribution in [2.45, 2.75) is 32.3 Å². The van der Waals surface area contributed by atoms with E-state index in [1.165, 1.54) is 24.0 Å². The average Bonchev–Trinajstić information content (AvgIpc) is 3.07. The first-order valence-electron chi connectivity index (χ1n) is 9.17. The highest BCUT2D eigenvalue weighted by Crippen LogP contribution is 2.31. The quantitative estimate of drug-likeness (QED) is 0.573. The molecule has 1 amide bonds. The van der Waals surface area contributed by atoms with Crippen LogP contribution in [0.2, 0.25) is 0 Å². The highest BCUT2D eigenvalue weighted by atomic mass is 19.4. The maximum atomic E-state index is 13.3. The number of carbonyl (C=O) groups is 2. The third kappa shape index (κ3) is 4.79. The second-order valence-electron chi connectivity index (χ2n) is 6.82. The summed E-state index contributed by atoms with van der Waals surface area (Å²) in [6, 6.07) is 15.2. The smallest absolute Gasteiger partial charge is 0.449 e.